The predicted octanol–water partition coefficient (Wildman–Crippen LogP) is 1.78. The fraction of sp³-hybridized carbons (Fsp3) is 0.400. The van der Waals surface area contributed by atoms with Crippen molar-refractivity contribution in [3.63, 3.8) is 0 Å². The lowest BCUT2D eigenvalue weighted by molar-refractivity contribution is -0.139. The molecule has 1 aliphatic carbocycles. The largest absolute Gasteiger partial charge is 0.380 e. The molecule has 2 rings (SSSR count). The minimum Gasteiger partial charge on any atom is -0.380 e. The van der Waals surface area contributed by atoms with Gasteiger partial charge in [0.05, 0.1) is 0 Å². The van der Waals surface area contributed by atoms with Gasteiger partial charge in [-0.1, -0.05) is 36.3 Å². The highest BCUT2D eigenvalue weighted by atomic mass is 16.3. The van der Waals surface area contributed by atoms with Gasteiger partial charge in [0, 0.05) is 0 Å². The maximum absolute atomic E-state index is 12.1. The quantitative estimate of drug-likeness (QED) is 0.795. The summed E-state index contributed by atoms with van der Waals surface area (Å²) in [5, 5.41) is 12.9. The zero-order chi connectivity index (χ0) is 13.0. The Morgan fingerprint density at radius 1 is 1.33 bits per heavy atom. The number of amides is 1. The number of rotatable bonds is 3. The third kappa shape index (κ3) is 2.55. The molecule has 1 aromatic rings. The van der Waals surface area contributed by atoms with Gasteiger partial charge in [0.1, 0.15) is 11.6 Å². The van der Waals surface area contributed by atoms with E-state index in [1.54, 1.807) is 0 Å². The van der Waals surface area contributed by atoms with E-state index in [9.17, 15) is 9.90 Å². The van der Waals surface area contributed by atoms with Gasteiger partial charge in [-0.15, -0.1) is 6.42 Å². The van der Waals surface area contributed by atoms with Crippen molar-refractivity contribution in [3.8, 4) is 12.3 Å². The number of carbonyl (C=O) groups excluding carboxylic acids is 1. The van der Waals surface area contributed by atoms with E-state index in [1.165, 1.54) is 0 Å². The predicted molar refractivity (Wildman–Crippen MR) is 69.6 cm³/mol. The average Bonchev–Trinajstić information content (AvgIpc) is 2.85. The van der Waals surface area contributed by atoms with Gasteiger partial charge < -0.3 is 10.4 Å². The fourth-order valence-corrected chi connectivity index (χ4v) is 2.32. The van der Waals surface area contributed by atoms with Crippen molar-refractivity contribution in [2.75, 3.05) is 0 Å². The maximum atomic E-state index is 12.1. The SMILES string of the molecule is C#CC(NC(=O)C1(O)CCCC1)c1ccccc1. The first-order valence-corrected chi connectivity index (χ1v) is 6.20. The lowest BCUT2D eigenvalue weighted by Gasteiger charge is -2.23. The molecule has 3 nitrogen and oxygen atoms in total. The van der Waals surface area contributed by atoms with E-state index < -0.39 is 11.6 Å². The van der Waals surface area contributed by atoms with E-state index >= 15 is 0 Å². The number of hydrogen-bond donors (Lipinski definition) is 2. The van der Waals surface area contributed by atoms with Gasteiger partial charge in [-0.3, -0.25) is 4.79 Å². The molecule has 3 heteroatoms. The topological polar surface area (TPSA) is 49.3 Å². The Bertz CT molecular complexity index is 455. The molecule has 0 aliphatic heterocycles. The third-order valence-corrected chi connectivity index (χ3v) is 3.43. The Morgan fingerprint density at radius 3 is 2.50 bits per heavy atom. The normalized spacial score (nSPS) is 18.9. The van der Waals surface area contributed by atoms with Gasteiger partial charge in [0.2, 0.25) is 0 Å². The molecule has 1 aliphatic rings. The van der Waals surface area contributed by atoms with Crippen LogP contribution < -0.4 is 5.32 Å². The first-order chi connectivity index (χ1) is 8.65. The standard InChI is InChI=1S/C15H17NO2/c1-2-13(12-8-4-3-5-9-12)16-14(17)15(18)10-6-7-11-15/h1,3-5,8-9,13,18H,6-7,10-11H2,(H,16,17). The Morgan fingerprint density at radius 2 is 1.94 bits per heavy atom. The van der Waals surface area contributed by atoms with E-state index in [0.29, 0.717) is 12.8 Å². The van der Waals surface area contributed by atoms with Gasteiger partial charge in [0.25, 0.3) is 5.91 Å². The molecule has 1 aromatic carbocycles. The maximum Gasteiger partial charge on any atom is 0.253 e. The molecule has 0 heterocycles. The van der Waals surface area contributed by atoms with Crippen molar-refractivity contribution in [3.05, 3.63) is 35.9 Å². The summed E-state index contributed by atoms with van der Waals surface area (Å²) in [7, 11) is 0. The molecule has 18 heavy (non-hydrogen) atoms. The summed E-state index contributed by atoms with van der Waals surface area (Å²) in [6.45, 7) is 0. The Balaban J connectivity index is 2.08. The van der Waals surface area contributed by atoms with Crippen LogP contribution in [-0.2, 0) is 4.79 Å². The molecule has 0 saturated heterocycles. The second-order valence-corrected chi connectivity index (χ2v) is 4.72. The summed E-state index contributed by atoms with van der Waals surface area (Å²) >= 11 is 0. The lowest BCUT2D eigenvalue weighted by Crippen LogP contribution is -2.45. The van der Waals surface area contributed by atoms with E-state index in [1.807, 2.05) is 30.3 Å². The van der Waals surface area contributed by atoms with Gasteiger partial charge in [-0.25, -0.2) is 0 Å². The highest BCUT2D eigenvalue weighted by Gasteiger charge is 2.39. The third-order valence-electron chi connectivity index (χ3n) is 3.43. The number of carbonyl (C=O) groups is 1. The average molecular weight is 243 g/mol. The highest BCUT2D eigenvalue weighted by Crippen LogP contribution is 2.30. The minimum absolute atomic E-state index is 0.355. The number of terminal acetylenes is 1. The first kappa shape index (κ1) is 12.7. The van der Waals surface area contributed by atoms with Crippen molar-refractivity contribution in [1.82, 2.24) is 5.32 Å². The van der Waals surface area contributed by atoms with Crippen molar-refractivity contribution in [2.45, 2.75) is 37.3 Å². The van der Waals surface area contributed by atoms with Gasteiger partial charge in [-0.05, 0) is 31.2 Å². The highest BCUT2D eigenvalue weighted by molar-refractivity contribution is 5.85. The fourth-order valence-electron chi connectivity index (χ4n) is 2.32. The van der Waals surface area contributed by atoms with Crippen LogP contribution in [0.25, 0.3) is 0 Å². The number of nitrogens with one attached hydrogen (secondary N) is 1. The molecule has 2 N–H and O–H groups in total. The summed E-state index contributed by atoms with van der Waals surface area (Å²) in [6.07, 6.45) is 8.26. The van der Waals surface area contributed by atoms with Crippen LogP contribution in [-0.4, -0.2) is 16.6 Å². The number of aliphatic hydroxyl groups is 1. The van der Waals surface area contributed by atoms with Crippen LogP contribution in [0.4, 0.5) is 0 Å². The molecule has 1 unspecified atom stereocenters. The molecule has 1 amide bonds. The molecule has 0 spiro atoms. The van der Waals surface area contributed by atoms with Crippen LogP contribution in [0.5, 0.6) is 0 Å². The van der Waals surface area contributed by atoms with E-state index in [2.05, 4.69) is 11.2 Å². The van der Waals surface area contributed by atoms with Gasteiger partial charge in [0.15, 0.2) is 0 Å². The van der Waals surface area contributed by atoms with Crippen LogP contribution in [0.1, 0.15) is 37.3 Å². The Labute approximate surface area is 107 Å². The molecule has 0 aromatic heterocycles. The molecule has 1 atom stereocenters. The van der Waals surface area contributed by atoms with Crippen molar-refractivity contribution >= 4 is 5.91 Å². The van der Waals surface area contributed by atoms with Crippen LogP contribution in [0.15, 0.2) is 30.3 Å². The second-order valence-electron chi connectivity index (χ2n) is 4.72. The summed E-state index contributed by atoms with van der Waals surface area (Å²) in [5.74, 6) is 2.19. The number of benzene rings is 1. The van der Waals surface area contributed by atoms with Crippen molar-refractivity contribution < 1.29 is 9.90 Å². The van der Waals surface area contributed by atoms with Crippen molar-refractivity contribution in [1.29, 1.82) is 0 Å². The van der Waals surface area contributed by atoms with Crippen LogP contribution >= 0.6 is 0 Å². The monoisotopic (exact) mass is 243 g/mol. The Kier molecular flexibility index (Phi) is 3.69. The molecule has 94 valence electrons. The van der Waals surface area contributed by atoms with E-state index in [-0.39, 0.29) is 5.91 Å². The van der Waals surface area contributed by atoms with Crippen LogP contribution in [0.3, 0.4) is 0 Å². The van der Waals surface area contributed by atoms with Crippen LogP contribution in [0.2, 0.25) is 0 Å². The second kappa shape index (κ2) is 5.24. The lowest BCUT2D eigenvalue weighted by atomic mass is 10.00. The molecule has 0 bridgehead atoms. The van der Waals surface area contributed by atoms with Gasteiger partial charge >= 0.3 is 0 Å². The minimum atomic E-state index is -1.23. The molecule has 1 fully saturated rings. The summed E-state index contributed by atoms with van der Waals surface area (Å²) < 4.78 is 0. The van der Waals surface area contributed by atoms with E-state index in [4.69, 9.17) is 6.42 Å². The smallest absolute Gasteiger partial charge is 0.253 e. The zero-order valence-electron chi connectivity index (χ0n) is 10.2. The zero-order valence-corrected chi connectivity index (χ0v) is 10.2. The van der Waals surface area contributed by atoms with Crippen molar-refractivity contribution in [2.24, 2.45) is 0 Å². The van der Waals surface area contributed by atoms with Crippen LogP contribution in [0, 0.1) is 12.3 Å². The molecular formula is C15H17NO2. The Hall–Kier alpha value is -1.79. The molecule has 1 saturated carbocycles. The molecule has 0 radical (unpaired) electrons. The first-order valence-electron chi connectivity index (χ1n) is 6.20. The van der Waals surface area contributed by atoms with Gasteiger partial charge in [-0.2, -0.15) is 0 Å². The summed E-state index contributed by atoms with van der Waals surface area (Å²) in [6, 6.07) is 8.88. The molecular weight excluding hydrogens is 226 g/mol. The summed E-state index contributed by atoms with van der Waals surface area (Å²) in [5.41, 5.74) is -0.376. The number of hydrogen-bond acceptors (Lipinski definition) is 2. The van der Waals surface area contributed by atoms with E-state index in [0.717, 1.165) is 18.4 Å². The summed E-state index contributed by atoms with van der Waals surface area (Å²) in [4.78, 5) is 12.1.